The summed E-state index contributed by atoms with van der Waals surface area (Å²) >= 11 is 0. The molecular weight excluding hydrogens is 511 g/mol. The number of H-pyrrole nitrogens is 1. The van der Waals surface area contributed by atoms with Gasteiger partial charge in [-0.15, -0.1) is 5.10 Å². The number of methoxy groups -OCH3 is 1. The number of piperidine rings is 1. The van der Waals surface area contributed by atoms with Crippen molar-refractivity contribution in [3.05, 3.63) is 83.7 Å². The van der Waals surface area contributed by atoms with Gasteiger partial charge < -0.3 is 14.5 Å². The molecule has 2 fully saturated rings. The topological polar surface area (TPSA) is 94.0 Å². The quantitative estimate of drug-likeness (QED) is 0.380. The number of hydrogen-bond acceptors (Lipinski definition) is 7. The molecule has 0 radical (unpaired) electrons. The summed E-state index contributed by atoms with van der Waals surface area (Å²) in [6.45, 7) is 2.03. The second-order valence-corrected chi connectivity index (χ2v) is 10.1. The third-order valence-electron chi connectivity index (χ3n) is 7.74. The van der Waals surface area contributed by atoms with Crippen LogP contribution < -0.4 is 4.74 Å². The van der Waals surface area contributed by atoms with E-state index in [1.165, 1.54) is 11.6 Å². The molecule has 6 rings (SSSR count). The average Bonchev–Trinajstić information content (AvgIpc) is 3.71. The van der Waals surface area contributed by atoms with Gasteiger partial charge in [-0.05, 0) is 60.0 Å². The fourth-order valence-electron chi connectivity index (χ4n) is 6.17. The summed E-state index contributed by atoms with van der Waals surface area (Å²) in [6, 6.07) is 15.2. The highest BCUT2D eigenvalue weighted by Crippen LogP contribution is 2.52. The zero-order chi connectivity index (χ0) is 27.0. The van der Waals surface area contributed by atoms with Gasteiger partial charge in [-0.2, -0.15) is 17.9 Å². The predicted octanol–water partition coefficient (Wildman–Crippen LogP) is 4.69. The zero-order valence-corrected chi connectivity index (χ0v) is 21.3. The van der Waals surface area contributed by atoms with Gasteiger partial charge in [0.05, 0.1) is 37.4 Å². The van der Waals surface area contributed by atoms with Crippen molar-refractivity contribution in [1.82, 2.24) is 35.1 Å². The molecule has 2 aromatic heterocycles. The second-order valence-electron chi connectivity index (χ2n) is 10.1. The molecule has 0 amide bonds. The molecule has 1 N–H and O–H groups in total. The number of benzene rings is 2. The van der Waals surface area contributed by atoms with Gasteiger partial charge in [0, 0.05) is 29.9 Å². The van der Waals surface area contributed by atoms with E-state index in [-0.39, 0.29) is 17.6 Å². The van der Waals surface area contributed by atoms with Crippen molar-refractivity contribution in [3.63, 3.8) is 0 Å². The summed E-state index contributed by atoms with van der Waals surface area (Å²) in [4.78, 5) is 9.82. The molecule has 9 nitrogen and oxygen atoms in total. The average molecular weight is 540 g/mol. The van der Waals surface area contributed by atoms with Crippen LogP contribution in [0.15, 0.2) is 61.1 Å². The molecule has 39 heavy (non-hydrogen) atoms. The Morgan fingerprint density at radius 2 is 2.03 bits per heavy atom. The summed E-state index contributed by atoms with van der Waals surface area (Å²) in [7, 11) is 1.56. The van der Waals surface area contributed by atoms with Crippen molar-refractivity contribution in [3.8, 4) is 11.4 Å². The van der Waals surface area contributed by atoms with E-state index in [1.807, 2.05) is 24.4 Å². The molecule has 4 heterocycles. The first kappa shape index (κ1) is 25.5. The maximum Gasteiger partial charge on any atom is 0.453 e. The number of tetrazole rings is 1. The van der Waals surface area contributed by atoms with E-state index in [9.17, 15) is 13.2 Å². The van der Waals surface area contributed by atoms with Crippen molar-refractivity contribution >= 4 is 0 Å². The highest BCUT2D eigenvalue weighted by atomic mass is 19.4. The first-order chi connectivity index (χ1) is 18.9. The van der Waals surface area contributed by atoms with Gasteiger partial charge in [0.15, 0.2) is 0 Å². The molecule has 204 valence electrons. The molecule has 0 bridgehead atoms. The van der Waals surface area contributed by atoms with Gasteiger partial charge in [0.1, 0.15) is 5.75 Å². The van der Waals surface area contributed by atoms with E-state index in [1.54, 1.807) is 25.6 Å². The van der Waals surface area contributed by atoms with E-state index < -0.39 is 17.6 Å². The number of nitrogens with one attached hydrogen (secondary N) is 1. The van der Waals surface area contributed by atoms with Crippen LogP contribution in [0.5, 0.6) is 5.75 Å². The lowest BCUT2D eigenvalue weighted by Gasteiger charge is -2.48. The Morgan fingerprint density at radius 3 is 2.77 bits per heavy atom. The highest BCUT2D eigenvalue weighted by molar-refractivity contribution is 5.47. The van der Waals surface area contributed by atoms with Crippen molar-refractivity contribution in [2.75, 3.05) is 20.3 Å². The molecule has 3 atom stereocenters. The fourth-order valence-corrected chi connectivity index (χ4v) is 6.17. The Labute approximate surface area is 223 Å². The zero-order valence-electron chi connectivity index (χ0n) is 21.3. The van der Waals surface area contributed by atoms with E-state index in [0.29, 0.717) is 30.0 Å². The second kappa shape index (κ2) is 10.1. The van der Waals surface area contributed by atoms with E-state index in [0.717, 1.165) is 30.6 Å². The van der Waals surface area contributed by atoms with Crippen LogP contribution in [0.1, 0.15) is 53.9 Å². The van der Waals surface area contributed by atoms with Crippen molar-refractivity contribution in [2.45, 2.75) is 49.5 Å². The third kappa shape index (κ3) is 4.78. The minimum atomic E-state index is -4.69. The fraction of sp³-hybridized carbons (Fsp3) is 0.407. The van der Waals surface area contributed by atoms with Crippen molar-refractivity contribution in [1.29, 1.82) is 0 Å². The lowest BCUT2D eigenvalue weighted by molar-refractivity contribution is -0.146. The molecule has 2 aliphatic heterocycles. The molecule has 12 heteroatoms. The van der Waals surface area contributed by atoms with Crippen LogP contribution in [0.3, 0.4) is 0 Å². The van der Waals surface area contributed by atoms with Crippen molar-refractivity contribution in [2.24, 2.45) is 0 Å². The van der Waals surface area contributed by atoms with Crippen LogP contribution in [0.2, 0.25) is 0 Å². The first-order valence-electron chi connectivity index (χ1n) is 12.8. The smallest absolute Gasteiger partial charge is 0.453 e. The van der Waals surface area contributed by atoms with E-state index in [4.69, 9.17) is 9.47 Å². The normalized spacial score (nSPS) is 23.9. The van der Waals surface area contributed by atoms with Crippen LogP contribution in [-0.2, 0) is 17.5 Å². The lowest BCUT2D eigenvalue weighted by atomic mass is 9.75. The number of halogens is 3. The number of nitrogens with zero attached hydrogens (tertiary/aromatic N) is 6. The molecule has 1 spiro atoms. The van der Waals surface area contributed by atoms with Gasteiger partial charge >= 0.3 is 6.18 Å². The molecule has 0 unspecified atom stereocenters. The number of rotatable bonds is 6. The minimum Gasteiger partial charge on any atom is -0.496 e. The van der Waals surface area contributed by atoms with Gasteiger partial charge in [0.2, 0.25) is 0 Å². The summed E-state index contributed by atoms with van der Waals surface area (Å²) < 4.78 is 53.6. The van der Waals surface area contributed by atoms with Crippen molar-refractivity contribution < 1.29 is 22.6 Å². The number of likely N-dealkylation sites (tertiary alicyclic amines) is 1. The van der Waals surface area contributed by atoms with Crippen LogP contribution >= 0.6 is 0 Å². The summed E-state index contributed by atoms with van der Waals surface area (Å²) in [5.41, 5.74) is 2.71. The molecule has 0 saturated carbocycles. The molecule has 4 aromatic rings. The first-order valence-corrected chi connectivity index (χ1v) is 12.8. The molecular formula is C27H28F3N7O2. The summed E-state index contributed by atoms with van der Waals surface area (Å²) in [5.74, 6) is -0.680. The lowest BCUT2D eigenvalue weighted by Crippen LogP contribution is -2.50. The molecule has 2 saturated heterocycles. The summed E-state index contributed by atoms with van der Waals surface area (Å²) in [6.07, 6.45) is 1.35. The van der Waals surface area contributed by atoms with Gasteiger partial charge in [0.25, 0.3) is 5.82 Å². The van der Waals surface area contributed by atoms with Crippen LogP contribution in [0.4, 0.5) is 13.2 Å². The van der Waals surface area contributed by atoms with Crippen LogP contribution in [0.25, 0.3) is 5.69 Å². The third-order valence-corrected chi connectivity index (χ3v) is 7.74. The number of ether oxygens (including phenoxy) is 2. The Kier molecular flexibility index (Phi) is 6.59. The highest BCUT2D eigenvalue weighted by Gasteiger charge is 2.52. The van der Waals surface area contributed by atoms with Crippen LogP contribution in [0, 0.1) is 0 Å². The molecule has 2 aliphatic rings. The summed E-state index contributed by atoms with van der Waals surface area (Å²) in [5, 5.41) is 10.1. The number of aromatic amines is 1. The Morgan fingerprint density at radius 1 is 1.18 bits per heavy atom. The maximum absolute atomic E-state index is 13.5. The predicted molar refractivity (Wildman–Crippen MR) is 134 cm³/mol. The van der Waals surface area contributed by atoms with Crippen LogP contribution in [-0.4, -0.2) is 60.9 Å². The number of imidazole rings is 1. The standard InChI is InChI=1S/C27H28F3N7O2/c1-38-23-9-8-21(37-25(27(28,29)30)33-34-35-37)12-22(23)19-13-26(39-16-19)10-5-11-36(15-20-14-31-17-32-20)24(26)18-6-3-2-4-7-18/h2-4,6-9,12,14,17,19,24H,5,10-11,13,15-16H2,1H3,(H,31,32)/t19-,24+,26-/m1/s1. The number of alkyl halides is 3. The minimum absolute atomic E-state index is 0.00808. The number of aromatic nitrogens is 6. The number of hydrogen-bond donors (Lipinski definition) is 1. The van der Waals surface area contributed by atoms with E-state index in [2.05, 4.69) is 42.5 Å². The largest absolute Gasteiger partial charge is 0.496 e. The molecule has 2 aromatic carbocycles. The SMILES string of the molecule is COc1ccc(-n2nnnc2C(F)(F)F)cc1[C@H]1CO[C@]2(CCCN(Cc3cnc[nH]3)[C@H]2c2ccccc2)C1. The monoisotopic (exact) mass is 539 g/mol. The van der Waals surface area contributed by atoms with E-state index >= 15 is 0 Å². The Hall–Kier alpha value is -3.77. The van der Waals surface area contributed by atoms with Gasteiger partial charge in [-0.3, -0.25) is 4.90 Å². The van der Waals surface area contributed by atoms with Gasteiger partial charge in [-0.1, -0.05) is 30.3 Å². The molecule has 0 aliphatic carbocycles. The Bertz CT molecular complexity index is 1410. The Balaban J connectivity index is 1.36. The maximum atomic E-state index is 13.5. The van der Waals surface area contributed by atoms with Gasteiger partial charge in [-0.25, -0.2) is 4.98 Å².